The van der Waals surface area contributed by atoms with Crippen LogP contribution in [0, 0.1) is 0 Å². The third kappa shape index (κ3) is 5.63. The quantitative estimate of drug-likeness (QED) is 0.251. The highest BCUT2D eigenvalue weighted by atomic mass is 79.9. The zero-order valence-electron chi connectivity index (χ0n) is 19.9. The minimum absolute atomic E-state index is 0.264. The van der Waals surface area contributed by atoms with Crippen LogP contribution in [0.4, 0.5) is 0 Å². The molecular weight excluding hydrogens is 548 g/mol. The molecule has 0 bridgehead atoms. The molecule has 1 aliphatic heterocycles. The van der Waals surface area contributed by atoms with Crippen molar-refractivity contribution in [3.63, 3.8) is 0 Å². The number of nitrogens with one attached hydrogen (secondary N) is 1. The van der Waals surface area contributed by atoms with Crippen molar-refractivity contribution in [3.8, 4) is 16.9 Å². The summed E-state index contributed by atoms with van der Waals surface area (Å²) in [7, 11) is 1.61. The minimum Gasteiger partial charge on any atom is -0.497 e. The van der Waals surface area contributed by atoms with E-state index in [2.05, 4.69) is 21.4 Å². The summed E-state index contributed by atoms with van der Waals surface area (Å²) < 4.78 is 6.13. The van der Waals surface area contributed by atoms with E-state index in [1.54, 1.807) is 19.2 Å². The van der Waals surface area contributed by atoms with E-state index in [1.807, 2.05) is 97.1 Å². The Hall–Kier alpha value is -3.81. The molecule has 1 heterocycles. The minimum atomic E-state index is -0.415. The highest BCUT2D eigenvalue weighted by molar-refractivity contribution is 9.10. The average molecular weight is 571 g/mol. The zero-order valence-corrected chi connectivity index (χ0v) is 22.3. The first-order chi connectivity index (χ1) is 18.0. The maximum Gasteiger partial charge on any atom is 0.280 e. The Balaban J connectivity index is 1.41. The lowest BCUT2D eigenvalue weighted by atomic mass is 10.0. The number of amides is 2. The fourth-order valence-corrected chi connectivity index (χ4v) is 5.60. The molecule has 1 saturated heterocycles. The van der Waals surface area contributed by atoms with Crippen LogP contribution in [0.5, 0.6) is 5.75 Å². The Morgan fingerprint density at radius 3 is 2.30 bits per heavy atom. The van der Waals surface area contributed by atoms with Crippen LogP contribution in [-0.4, -0.2) is 23.9 Å². The van der Waals surface area contributed by atoms with Crippen molar-refractivity contribution in [1.82, 2.24) is 10.4 Å². The van der Waals surface area contributed by atoms with Gasteiger partial charge in [0.05, 0.1) is 12.0 Å². The number of thioether (sulfide) groups is 1. The topological polar surface area (TPSA) is 58.6 Å². The third-order valence-electron chi connectivity index (χ3n) is 5.93. The van der Waals surface area contributed by atoms with Crippen molar-refractivity contribution in [2.75, 3.05) is 7.11 Å². The van der Waals surface area contributed by atoms with Gasteiger partial charge in [0.1, 0.15) is 11.1 Å². The lowest BCUT2D eigenvalue weighted by Gasteiger charge is -2.24. The number of rotatable bonds is 6. The Morgan fingerprint density at radius 2 is 1.62 bits per heavy atom. The Labute approximate surface area is 228 Å². The predicted molar refractivity (Wildman–Crippen MR) is 152 cm³/mol. The van der Waals surface area contributed by atoms with Gasteiger partial charge in [-0.2, -0.15) is 0 Å². The molecule has 37 heavy (non-hydrogen) atoms. The van der Waals surface area contributed by atoms with Crippen LogP contribution in [0.15, 0.2) is 113 Å². The summed E-state index contributed by atoms with van der Waals surface area (Å²) in [5.74, 6) is 0.131. The number of benzene rings is 4. The number of carbonyl (C=O) groups is 2. The molecule has 0 radical (unpaired) electrons. The van der Waals surface area contributed by atoms with Crippen LogP contribution in [-0.2, 0) is 4.79 Å². The summed E-state index contributed by atoms with van der Waals surface area (Å²) in [5.41, 5.74) is 7.18. The van der Waals surface area contributed by atoms with Crippen LogP contribution >= 0.6 is 27.7 Å². The molecule has 1 fully saturated rings. The molecule has 1 unspecified atom stereocenters. The molecule has 1 atom stereocenters. The maximum atomic E-state index is 13.5. The van der Waals surface area contributed by atoms with Gasteiger partial charge in [-0.25, -0.2) is 5.01 Å². The second-order valence-electron chi connectivity index (χ2n) is 8.37. The monoisotopic (exact) mass is 570 g/mol. The van der Waals surface area contributed by atoms with Crippen molar-refractivity contribution in [2.24, 2.45) is 0 Å². The average Bonchev–Trinajstić information content (AvgIpc) is 3.24. The van der Waals surface area contributed by atoms with Crippen LogP contribution in [0.2, 0.25) is 0 Å². The van der Waals surface area contributed by atoms with Gasteiger partial charge in [-0.15, -0.1) is 0 Å². The molecule has 1 N–H and O–H groups in total. The van der Waals surface area contributed by atoms with Gasteiger partial charge in [-0.1, -0.05) is 94.4 Å². The number of ether oxygens (including phenoxy) is 1. The summed E-state index contributed by atoms with van der Waals surface area (Å²) in [6.07, 6.45) is 1.83. The van der Waals surface area contributed by atoms with Crippen LogP contribution < -0.4 is 10.2 Å². The van der Waals surface area contributed by atoms with Gasteiger partial charge in [0, 0.05) is 10.0 Å². The Bertz CT molecular complexity index is 1450. The molecule has 4 aromatic carbocycles. The summed E-state index contributed by atoms with van der Waals surface area (Å²) in [6.45, 7) is 0. The molecule has 0 aromatic heterocycles. The summed E-state index contributed by atoms with van der Waals surface area (Å²) >= 11 is 4.91. The van der Waals surface area contributed by atoms with E-state index in [9.17, 15) is 9.59 Å². The van der Waals surface area contributed by atoms with Crippen LogP contribution in [0.3, 0.4) is 0 Å². The van der Waals surface area contributed by atoms with E-state index in [1.165, 1.54) is 16.8 Å². The van der Waals surface area contributed by atoms with Gasteiger partial charge in [0.25, 0.3) is 11.8 Å². The summed E-state index contributed by atoms with van der Waals surface area (Å²) in [6, 6.07) is 32.5. The fraction of sp³-hybridized carbons (Fsp3) is 0.0667. The number of halogens is 1. The third-order valence-corrected chi connectivity index (χ3v) is 7.67. The number of hydrazine groups is 1. The van der Waals surface area contributed by atoms with Gasteiger partial charge < -0.3 is 4.74 Å². The fourth-order valence-electron chi connectivity index (χ4n) is 4.00. The molecule has 0 aliphatic carbocycles. The standard InChI is InChI=1S/C30H23BrN2O3S/c1-36-26-16-10-20(11-17-26)18-27-29(35)33(30(37-27)24-8-5-9-25(31)19-24)32-28(34)23-14-12-22(13-15-23)21-6-3-2-4-7-21/h2-19,30H,1H3,(H,32,34)/b27-18+. The van der Waals surface area contributed by atoms with E-state index in [4.69, 9.17) is 4.74 Å². The van der Waals surface area contributed by atoms with Crippen LogP contribution in [0.1, 0.15) is 26.9 Å². The lowest BCUT2D eigenvalue weighted by molar-refractivity contribution is -0.128. The first kappa shape index (κ1) is 24.9. The molecule has 2 amide bonds. The molecule has 0 spiro atoms. The van der Waals surface area contributed by atoms with E-state index in [-0.39, 0.29) is 11.8 Å². The second kappa shape index (κ2) is 11.1. The molecule has 4 aromatic rings. The smallest absolute Gasteiger partial charge is 0.280 e. The number of hydrogen-bond donors (Lipinski definition) is 1. The van der Waals surface area contributed by atoms with Gasteiger partial charge in [0.2, 0.25) is 0 Å². The van der Waals surface area contributed by atoms with Gasteiger partial charge in [-0.3, -0.25) is 15.0 Å². The van der Waals surface area contributed by atoms with Crippen molar-refractivity contribution in [2.45, 2.75) is 5.37 Å². The second-order valence-corrected chi connectivity index (χ2v) is 10.4. The largest absolute Gasteiger partial charge is 0.497 e. The first-order valence-corrected chi connectivity index (χ1v) is 13.3. The molecule has 1 aliphatic rings. The van der Waals surface area contributed by atoms with Crippen molar-refractivity contribution in [3.05, 3.63) is 129 Å². The number of carbonyl (C=O) groups excluding carboxylic acids is 2. The number of methoxy groups -OCH3 is 1. The highest BCUT2D eigenvalue weighted by Crippen LogP contribution is 2.45. The predicted octanol–water partition coefficient (Wildman–Crippen LogP) is 7.08. The SMILES string of the molecule is COc1ccc(/C=C2/SC(c3cccc(Br)c3)N(NC(=O)c3ccc(-c4ccccc4)cc3)C2=O)cc1. The molecular formula is C30H23BrN2O3S. The number of hydrogen-bond acceptors (Lipinski definition) is 4. The lowest BCUT2D eigenvalue weighted by Crippen LogP contribution is -2.44. The van der Waals surface area contributed by atoms with Crippen molar-refractivity contribution < 1.29 is 14.3 Å². The van der Waals surface area contributed by atoms with E-state index >= 15 is 0 Å². The maximum absolute atomic E-state index is 13.5. The summed E-state index contributed by atoms with van der Waals surface area (Å²) in [5, 5.41) is 0.997. The zero-order chi connectivity index (χ0) is 25.8. The summed E-state index contributed by atoms with van der Waals surface area (Å²) in [4.78, 5) is 27.2. The van der Waals surface area contributed by atoms with Gasteiger partial charge >= 0.3 is 0 Å². The Morgan fingerprint density at radius 1 is 0.919 bits per heavy atom. The highest BCUT2D eigenvalue weighted by Gasteiger charge is 2.38. The normalized spacial score (nSPS) is 16.2. The van der Waals surface area contributed by atoms with Gasteiger partial charge in [0.15, 0.2) is 0 Å². The van der Waals surface area contributed by atoms with Crippen molar-refractivity contribution in [1.29, 1.82) is 0 Å². The molecule has 0 saturated carbocycles. The van der Waals surface area contributed by atoms with E-state index in [0.717, 1.165) is 32.5 Å². The van der Waals surface area contributed by atoms with E-state index in [0.29, 0.717) is 10.5 Å². The van der Waals surface area contributed by atoms with Crippen LogP contribution in [0.25, 0.3) is 17.2 Å². The van der Waals surface area contributed by atoms with Gasteiger partial charge in [-0.05, 0) is 64.7 Å². The number of nitrogens with zero attached hydrogens (tertiary/aromatic N) is 1. The molecule has 5 nitrogen and oxygen atoms in total. The first-order valence-electron chi connectivity index (χ1n) is 11.6. The Kier molecular flexibility index (Phi) is 7.44. The van der Waals surface area contributed by atoms with Crippen molar-refractivity contribution >= 4 is 45.6 Å². The molecule has 5 rings (SSSR count). The van der Waals surface area contributed by atoms with E-state index < -0.39 is 5.37 Å². The molecule has 184 valence electrons. The molecule has 7 heteroatoms.